The molecule has 3 heterocycles. The summed E-state index contributed by atoms with van der Waals surface area (Å²) >= 11 is 0. The number of rotatable bonds is 0. The van der Waals surface area contributed by atoms with E-state index in [0.717, 1.165) is 55.5 Å². The lowest BCUT2D eigenvalue weighted by Gasteiger charge is -2.13. The van der Waals surface area contributed by atoms with Gasteiger partial charge in [-0.05, 0) is 54.4 Å². The SMILES string of the molecule is Cc1onc2c1-c1cc(C#N)c3c4cc(O)ccc4n(c3c1)Cc1cccc-2c1. The Morgan fingerprint density at radius 3 is 2.83 bits per heavy atom. The van der Waals surface area contributed by atoms with E-state index in [-0.39, 0.29) is 5.75 Å². The van der Waals surface area contributed by atoms with Crippen LogP contribution in [0.3, 0.4) is 0 Å². The second-order valence-corrected chi connectivity index (χ2v) is 7.48. The Bertz CT molecular complexity index is 1520. The van der Waals surface area contributed by atoms with Crippen molar-refractivity contribution in [2.24, 2.45) is 0 Å². The lowest BCUT2D eigenvalue weighted by Crippen LogP contribution is -2.01. The van der Waals surface area contributed by atoms with Gasteiger partial charge >= 0.3 is 0 Å². The van der Waals surface area contributed by atoms with Crippen molar-refractivity contribution in [1.29, 1.82) is 5.26 Å². The van der Waals surface area contributed by atoms with Crippen LogP contribution < -0.4 is 0 Å². The number of hydrogen-bond acceptors (Lipinski definition) is 4. The fraction of sp³-hybridized carbons (Fsp3) is 0.0833. The summed E-state index contributed by atoms with van der Waals surface area (Å²) in [4.78, 5) is 0. The molecule has 0 amide bonds. The van der Waals surface area contributed by atoms with Crippen LogP contribution in [0.25, 0.3) is 44.2 Å². The monoisotopic (exact) mass is 377 g/mol. The molecule has 138 valence electrons. The van der Waals surface area contributed by atoms with Gasteiger partial charge in [-0.15, -0.1) is 0 Å². The molecule has 0 aliphatic carbocycles. The fourth-order valence-electron chi connectivity index (χ4n) is 4.52. The number of aromatic hydroxyl groups is 1. The predicted octanol–water partition coefficient (Wildman–Crippen LogP) is 5.36. The third kappa shape index (κ3) is 2.11. The molecule has 0 saturated heterocycles. The molecule has 5 heteroatoms. The quantitative estimate of drug-likeness (QED) is 0.386. The van der Waals surface area contributed by atoms with Gasteiger partial charge in [0.15, 0.2) is 0 Å². The highest BCUT2D eigenvalue weighted by Gasteiger charge is 2.23. The number of benzene rings is 3. The van der Waals surface area contributed by atoms with E-state index in [9.17, 15) is 10.4 Å². The number of aryl methyl sites for hydroxylation is 1. The topological polar surface area (TPSA) is 75.0 Å². The summed E-state index contributed by atoms with van der Waals surface area (Å²) in [5, 5.41) is 26.1. The van der Waals surface area contributed by atoms with E-state index < -0.39 is 0 Å². The number of phenols is 1. The van der Waals surface area contributed by atoms with E-state index in [1.807, 2.05) is 31.2 Å². The van der Waals surface area contributed by atoms with Crippen LogP contribution in [0.4, 0.5) is 0 Å². The van der Waals surface area contributed by atoms with Crippen LogP contribution in [-0.4, -0.2) is 14.8 Å². The van der Waals surface area contributed by atoms with Gasteiger partial charge in [0.25, 0.3) is 0 Å². The van der Waals surface area contributed by atoms with Crippen molar-refractivity contribution in [2.75, 3.05) is 0 Å². The molecule has 0 spiro atoms. The largest absolute Gasteiger partial charge is 0.508 e. The second-order valence-electron chi connectivity index (χ2n) is 7.48. The van der Waals surface area contributed by atoms with Crippen LogP contribution in [0.5, 0.6) is 5.75 Å². The maximum Gasteiger partial charge on any atom is 0.142 e. The van der Waals surface area contributed by atoms with Crippen LogP contribution in [0.1, 0.15) is 16.9 Å². The highest BCUT2D eigenvalue weighted by atomic mass is 16.5. The van der Waals surface area contributed by atoms with Gasteiger partial charge in [-0.3, -0.25) is 0 Å². The van der Waals surface area contributed by atoms with E-state index in [2.05, 4.69) is 34.0 Å². The van der Waals surface area contributed by atoms with Crippen LogP contribution in [0.2, 0.25) is 0 Å². The third-order valence-corrected chi connectivity index (χ3v) is 5.76. The first-order valence-electron chi connectivity index (χ1n) is 9.39. The van der Waals surface area contributed by atoms with Gasteiger partial charge in [0, 0.05) is 28.4 Å². The summed E-state index contributed by atoms with van der Waals surface area (Å²) in [7, 11) is 0. The lowest BCUT2D eigenvalue weighted by molar-refractivity contribution is 0.400. The van der Waals surface area contributed by atoms with E-state index in [1.54, 1.807) is 12.1 Å². The molecule has 1 aliphatic heterocycles. The molecule has 0 fully saturated rings. The average Bonchev–Trinajstić information content (AvgIpc) is 3.25. The molecule has 1 aliphatic rings. The van der Waals surface area contributed by atoms with Crippen molar-refractivity contribution >= 4 is 21.8 Å². The van der Waals surface area contributed by atoms with E-state index in [4.69, 9.17) is 4.52 Å². The minimum atomic E-state index is 0.188. The normalized spacial score (nSPS) is 12.3. The number of aromatic nitrogens is 2. The van der Waals surface area contributed by atoms with Gasteiger partial charge in [-0.25, -0.2) is 0 Å². The van der Waals surface area contributed by atoms with E-state index in [1.165, 1.54) is 0 Å². The maximum atomic E-state index is 10.1. The molecule has 0 saturated carbocycles. The van der Waals surface area contributed by atoms with Crippen molar-refractivity contribution in [3.8, 4) is 34.2 Å². The molecule has 5 nitrogen and oxygen atoms in total. The van der Waals surface area contributed by atoms with E-state index >= 15 is 0 Å². The molecule has 5 aromatic rings. The number of nitriles is 1. The minimum Gasteiger partial charge on any atom is -0.508 e. The summed E-state index contributed by atoms with van der Waals surface area (Å²) in [5.74, 6) is 0.905. The van der Waals surface area contributed by atoms with E-state index in [0.29, 0.717) is 12.1 Å². The molecule has 0 unspecified atom stereocenters. The molecular weight excluding hydrogens is 362 g/mol. The van der Waals surface area contributed by atoms with Gasteiger partial charge < -0.3 is 14.2 Å². The molecule has 6 rings (SSSR count). The Kier molecular flexibility index (Phi) is 3.02. The zero-order chi connectivity index (χ0) is 19.7. The highest BCUT2D eigenvalue weighted by Crippen LogP contribution is 2.41. The zero-order valence-electron chi connectivity index (χ0n) is 15.6. The number of phenolic OH excluding ortho intramolecular Hbond substituents is 1. The Hall–Kier alpha value is -4.04. The Morgan fingerprint density at radius 1 is 1.07 bits per heavy atom. The summed E-state index contributed by atoms with van der Waals surface area (Å²) in [6.45, 7) is 2.55. The van der Waals surface area contributed by atoms with Gasteiger partial charge in [0.05, 0.1) is 22.7 Å². The van der Waals surface area contributed by atoms with Crippen molar-refractivity contribution in [1.82, 2.24) is 9.72 Å². The van der Waals surface area contributed by atoms with Gasteiger partial charge in [-0.1, -0.05) is 23.4 Å². The molecule has 29 heavy (non-hydrogen) atoms. The first kappa shape index (κ1) is 16.0. The number of fused-ring (bicyclic) bond motifs is 9. The van der Waals surface area contributed by atoms with Crippen LogP contribution in [0.15, 0.2) is 59.1 Å². The van der Waals surface area contributed by atoms with Crippen molar-refractivity contribution in [3.63, 3.8) is 0 Å². The van der Waals surface area contributed by atoms with Crippen LogP contribution in [-0.2, 0) is 6.54 Å². The lowest BCUT2D eigenvalue weighted by atomic mass is 9.94. The van der Waals surface area contributed by atoms with Crippen LogP contribution >= 0.6 is 0 Å². The van der Waals surface area contributed by atoms with Crippen molar-refractivity contribution in [2.45, 2.75) is 13.5 Å². The zero-order valence-corrected chi connectivity index (χ0v) is 15.6. The van der Waals surface area contributed by atoms with Crippen LogP contribution in [0, 0.1) is 18.3 Å². The fourth-order valence-corrected chi connectivity index (χ4v) is 4.52. The molecule has 3 aromatic carbocycles. The van der Waals surface area contributed by atoms with Gasteiger partial charge in [0.2, 0.25) is 0 Å². The summed E-state index contributed by atoms with van der Waals surface area (Å²) < 4.78 is 7.76. The number of nitrogens with zero attached hydrogens (tertiary/aromatic N) is 3. The molecular formula is C24H15N3O2. The molecule has 2 aromatic heterocycles. The highest BCUT2D eigenvalue weighted by molar-refractivity contribution is 6.12. The second kappa shape index (κ2) is 5.49. The van der Waals surface area contributed by atoms with Crippen molar-refractivity contribution < 1.29 is 9.63 Å². The Balaban J connectivity index is 1.87. The first-order chi connectivity index (χ1) is 14.1. The summed E-state index contributed by atoms with van der Waals surface area (Å²) in [5.41, 5.74) is 7.23. The Morgan fingerprint density at radius 2 is 1.97 bits per heavy atom. The maximum absolute atomic E-state index is 10.1. The minimum absolute atomic E-state index is 0.188. The Labute approximate surface area is 166 Å². The predicted molar refractivity (Wildman–Crippen MR) is 111 cm³/mol. The summed E-state index contributed by atoms with van der Waals surface area (Å²) in [6, 6.07) is 20.0. The van der Waals surface area contributed by atoms with Gasteiger partial charge in [-0.2, -0.15) is 5.26 Å². The first-order valence-corrected chi connectivity index (χ1v) is 9.39. The molecule has 0 atom stereocenters. The number of hydrogen-bond donors (Lipinski definition) is 1. The molecule has 4 bridgehead atoms. The molecule has 1 N–H and O–H groups in total. The van der Waals surface area contributed by atoms with Gasteiger partial charge in [0.1, 0.15) is 17.2 Å². The third-order valence-electron chi connectivity index (χ3n) is 5.76. The summed E-state index contributed by atoms with van der Waals surface area (Å²) in [6.07, 6.45) is 0. The molecule has 0 radical (unpaired) electrons. The average molecular weight is 377 g/mol. The van der Waals surface area contributed by atoms with Crippen molar-refractivity contribution in [3.05, 3.63) is 71.5 Å². The standard InChI is InChI=1S/C24H15N3O2/c1-13-22-16-8-17(11-25)23-19-10-18(28)5-6-20(19)27(21(23)9-16)12-14-3-2-4-15(7-14)24(22)26-29-13/h2-10,28H,12H2,1H3. The smallest absolute Gasteiger partial charge is 0.142 e.